The summed E-state index contributed by atoms with van der Waals surface area (Å²) in [4.78, 5) is 18.8. The molecule has 1 aliphatic carbocycles. The number of aryl methyl sites for hydroxylation is 3. The van der Waals surface area contributed by atoms with Gasteiger partial charge in [0.25, 0.3) is 5.91 Å². The highest BCUT2D eigenvalue weighted by atomic mass is 32.1. The minimum Gasteiger partial charge on any atom is -0.328 e. The van der Waals surface area contributed by atoms with Crippen LogP contribution in [-0.4, -0.2) is 37.0 Å². The van der Waals surface area contributed by atoms with Gasteiger partial charge in [0.1, 0.15) is 6.54 Å². The van der Waals surface area contributed by atoms with Crippen molar-refractivity contribution in [2.24, 2.45) is 0 Å². The van der Waals surface area contributed by atoms with E-state index < -0.39 is 0 Å². The van der Waals surface area contributed by atoms with Crippen LogP contribution >= 0.6 is 11.3 Å². The largest absolute Gasteiger partial charge is 0.328 e. The van der Waals surface area contributed by atoms with Gasteiger partial charge >= 0.3 is 0 Å². The average Bonchev–Trinajstić information content (AvgIpc) is 3.16. The molecule has 1 aliphatic heterocycles. The van der Waals surface area contributed by atoms with E-state index in [9.17, 15) is 4.79 Å². The SMILES string of the molecule is Cc1cccc(C[NH+]2CCN(C(=O)c3cc4c(s3)CCC4)CC2)c1. The fraction of sp³-hybridized carbons (Fsp3) is 0.450. The molecule has 1 aromatic carbocycles. The van der Waals surface area contributed by atoms with Crippen molar-refractivity contribution in [3.8, 4) is 0 Å². The van der Waals surface area contributed by atoms with Gasteiger partial charge in [0, 0.05) is 10.4 Å². The number of rotatable bonds is 3. The molecule has 1 amide bonds. The first-order valence-electron chi connectivity index (χ1n) is 8.99. The van der Waals surface area contributed by atoms with Crippen LogP contribution in [0.3, 0.4) is 0 Å². The van der Waals surface area contributed by atoms with Gasteiger partial charge in [0.15, 0.2) is 0 Å². The highest BCUT2D eigenvalue weighted by Gasteiger charge is 2.27. The zero-order chi connectivity index (χ0) is 16.5. The average molecular weight is 342 g/mol. The van der Waals surface area contributed by atoms with Crippen LogP contribution in [0.2, 0.25) is 0 Å². The highest BCUT2D eigenvalue weighted by Crippen LogP contribution is 2.31. The Morgan fingerprint density at radius 2 is 2.04 bits per heavy atom. The molecule has 4 heteroatoms. The number of benzene rings is 1. The molecule has 4 rings (SSSR count). The monoisotopic (exact) mass is 341 g/mol. The quantitative estimate of drug-likeness (QED) is 0.908. The molecule has 2 heterocycles. The molecule has 126 valence electrons. The van der Waals surface area contributed by atoms with Gasteiger partial charge in [-0.2, -0.15) is 0 Å². The van der Waals surface area contributed by atoms with Crippen LogP contribution in [0.25, 0.3) is 0 Å². The lowest BCUT2D eigenvalue weighted by Crippen LogP contribution is -3.13. The Labute approximate surface area is 147 Å². The van der Waals surface area contributed by atoms with Crippen molar-refractivity contribution in [1.29, 1.82) is 0 Å². The van der Waals surface area contributed by atoms with Crippen LogP contribution in [-0.2, 0) is 19.4 Å². The van der Waals surface area contributed by atoms with Gasteiger partial charge in [-0.05, 0) is 37.8 Å². The molecule has 0 atom stereocenters. The molecule has 0 spiro atoms. The number of nitrogens with one attached hydrogen (secondary N) is 1. The topological polar surface area (TPSA) is 24.8 Å². The maximum Gasteiger partial charge on any atom is 0.264 e. The molecule has 0 radical (unpaired) electrons. The van der Waals surface area contributed by atoms with Gasteiger partial charge < -0.3 is 9.80 Å². The number of carbonyl (C=O) groups excluding carboxylic acids is 1. The van der Waals surface area contributed by atoms with Crippen LogP contribution < -0.4 is 4.90 Å². The zero-order valence-corrected chi connectivity index (χ0v) is 15.1. The van der Waals surface area contributed by atoms with Crippen molar-refractivity contribution in [3.05, 3.63) is 56.8 Å². The van der Waals surface area contributed by atoms with Crippen molar-refractivity contribution in [2.45, 2.75) is 32.7 Å². The number of carbonyl (C=O) groups is 1. The molecule has 0 unspecified atom stereocenters. The van der Waals surface area contributed by atoms with Crippen molar-refractivity contribution in [2.75, 3.05) is 26.2 Å². The number of hydrogen-bond donors (Lipinski definition) is 1. The first-order valence-corrected chi connectivity index (χ1v) is 9.80. The molecule has 0 bridgehead atoms. The Balaban J connectivity index is 1.34. The first kappa shape index (κ1) is 15.9. The molecule has 0 saturated carbocycles. The molecule has 24 heavy (non-hydrogen) atoms. The fourth-order valence-electron chi connectivity index (χ4n) is 3.90. The number of nitrogens with zero attached hydrogens (tertiary/aromatic N) is 1. The lowest BCUT2D eigenvalue weighted by Gasteiger charge is -2.32. The molecule has 2 aromatic rings. The van der Waals surface area contributed by atoms with Crippen molar-refractivity contribution in [1.82, 2.24) is 4.90 Å². The Hall–Kier alpha value is -1.65. The van der Waals surface area contributed by atoms with Gasteiger partial charge in [0.05, 0.1) is 31.1 Å². The van der Waals surface area contributed by atoms with Crippen LogP contribution in [0.1, 0.15) is 37.7 Å². The lowest BCUT2D eigenvalue weighted by atomic mass is 10.1. The molecular weight excluding hydrogens is 316 g/mol. The van der Waals surface area contributed by atoms with Gasteiger partial charge in [0.2, 0.25) is 0 Å². The second-order valence-corrected chi connectivity index (χ2v) is 8.26. The molecule has 1 aromatic heterocycles. The van der Waals surface area contributed by atoms with Gasteiger partial charge in [-0.3, -0.25) is 4.79 Å². The van der Waals surface area contributed by atoms with Crippen LogP contribution in [0.15, 0.2) is 30.3 Å². The van der Waals surface area contributed by atoms with Crippen LogP contribution in [0.4, 0.5) is 0 Å². The van der Waals surface area contributed by atoms with Gasteiger partial charge in [-0.15, -0.1) is 11.3 Å². The second kappa shape index (κ2) is 6.69. The summed E-state index contributed by atoms with van der Waals surface area (Å²) in [5.41, 5.74) is 4.15. The summed E-state index contributed by atoms with van der Waals surface area (Å²) in [6.07, 6.45) is 3.59. The van der Waals surface area contributed by atoms with Gasteiger partial charge in [-0.1, -0.05) is 29.8 Å². The number of fused-ring (bicyclic) bond motifs is 1. The molecule has 1 fully saturated rings. The van der Waals surface area contributed by atoms with Gasteiger partial charge in [-0.25, -0.2) is 0 Å². The van der Waals surface area contributed by atoms with Crippen molar-refractivity contribution in [3.63, 3.8) is 0 Å². The third-order valence-electron chi connectivity index (χ3n) is 5.25. The number of quaternary nitrogens is 1. The van der Waals surface area contributed by atoms with E-state index in [1.165, 1.54) is 34.4 Å². The molecule has 3 nitrogen and oxygen atoms in total. The lowest BCUT2D eigenvalue weighted by molar-refractivity contribution is -0.917. The highest BCUT2D eigenvalue weighted by molar-refractivity contribution is 7.14. The van der Waals surface area contributed by atoms with E-state index >= 15 is 0 Å². The maximum atomic E-state index is 12.7. The van der Waals surface area contributed by atoms with E-state index in [-0.39, 0.29) is 5.91 Å². The normalized spacial score (nSPS) is 18.0. The van der Waals surface area contributed by atoms with E-state index in [0.29, 0.717) is 0 Å². The summed E-state index contributed by atoms with van der Waals surface area (Å²) in [5, 5.41) is 0. The van der Waals surface area contributed by atoms with E-state index in [4.69, 9.17) is 0 Å². The number of thiophene rings is 1. The van der Waals surface area contributed by atoms with E-state index in [1.807, 2.05) is 0 Å². The Bertz CT molecular complexity index is 722. The molecule has 1 saturated heterocycles. The third-order valence-corrected chi connectivity index (χ3v) is 6.48. The zero-order valence-electron chi connectivity index (χ0n) is 14.3. The third kappa shape index (κ3) is 3.26. The first-order chi connectivity index (χ1) is 11.7. The van der Waals surface area contributed by atoms with E-state index in [0.717, 1.165) is 44.0 Å². The summed E-state index contributed by atoms with van der Waals surface area (Å²) in [6.45, 7) is 7.06. The minimum atomic E-state index is 0.254. The summed E-state index contributed by atoms with van der Waals surface area (Å²) in [5.74, 6) is 0.254. The Morgan fingerprint density at radius 3 is 2.79 bits per heavy atom. The van der Waals surface area contributed by atoms with E-state index in [2.05, 4.69) is 42.2 Å². The van der Waals surface area contributed by atoms with Crippen molar-refractivity contribution >= 4 is 17.2 Å². The number of hydrogen-bond acceptors (Lipinski definition) is 2. The van der Waals surface area contributed by atoms with Crippen molar-refractivity contribution < 1.29 is 9.69 Å². The predicted octanol–water partition coefficient (Wildman–Crippen LogP) is 2.09. The fourth-order valence-corrected chi connectivity index (χ4v) is 5.13. The van der Waals surface area contributed by atoms with Crippen LogP contribution in [0.5, 0.6) is 0 Å². The van der Waals surface area contributed by atoms with E-state index in [1.54, 1.807) is 16.2 Å². The Kier molecular flexibility index (Phi) is 4.42. The number of piperazine rings is 1. The summed E-state index contributed by atoms with van der Waals surface area (Å²) in [7, 11) is 0. The Morgan fingerprint density at radius 1 is 1.21 bits per heavy atom. The molecular formula is C20H25N2OS+. The number of amides is 1. The summed E-state index contributed by atoms with van der Waals surface area (Å²) >= 11 is 1.73. The smallest absolute Gasteiger partial charge is 0.264 e. The summed E-state index contributed by atoms with van der Waals surface area (Å²) < 4.78 is 0. The molecule has 2 aliphatic rings. The van der Waals surface area contributed by atoms with Crippen LogP contribution in [0, 0.1) is 6.92 Å². The second-order valence-electron chi connectivity index (χ2n) is 7.12. The maximum absolute atomic E-state index is 12.7. The minimum absolute atomic E-state index is 0.254. The molecule has 1 N–H and O–H groups in total. The summed E-state index contributed by atoms with van der Waals surface area (Å²) in [6, 6.07) is 10.9. The standard InChI is InChI=1S/C20H24N2OS/c1-15-4-2-5-16(12-15)14-21-8-10-22(11-9-21)20(23)19-13-17-6-3-7-18(17)24-19/h2,4-5,12-13H,3,6-11,14H2,1H3/p+1. The predicted molar refractivity (Wildman–Crippen MR) is 97.8 cm³/mol.